The molecule has 37 heavy (non-hydrogen) atoms. The molecule has 0 rings (SSSR count). The number of aliphatic hydroxyl groups excluding tert-OH is 1. The van der Waals surface area contributed by atoms with E-state index in [9.17, 15) is 5.11 Å². The highest BCUT2D eigenvalue weighted by Gasteiger charge is 2.28. The van der Waals surface area contributed by atoms with Crippen LogP contribution in [0.4, 0.5) is 0 Å². The van der Waals surface area contributed by atoms with Crippen molar-refractivity contribution in [1.29, 1.82) is 0 Å². The molecule has 10 heteroatoms. The molecule has 0 spiro atoms. The van der Waals surface area contributed by atoms with Gasteiger partial charge in [-0.3, -0.25) is 4.58 Å². The maximum Gasteiger partial charge on any atom is 0.230 e. The molecule has 0 saturated heterocycles. The number of hydrogen-bond donors (Lipinski definition) is 1. The van der Waals surface area contributed by atoms with Crippen molar-refractivity contribution in [2.24, 2.45) is 0 Å². The van der Waals surface area contributed by atoms with Crippen LogP contribution in [0.15, 0.2) is 0 Å². The van der Waals surface area contributed by atoms with Gasteiger partial charge in [-0.15, -0.1) is 0 Å². The summed E-state index contributed by atoms with van der Waals surface area (Å²) in [6.45, 7) is 26.2. The molecule has 0 fully saturated rings. The van der Waals surface area contributed by atoms with Crippen molar-refractivity contribution < 1.29 is 28.5 Å². The summed E-state index contributed by atoms with van der Waals surface area (Å²) in [4.78, 5) is 5.47. The Balaban J connectivity index is 0. The van der Waals surface area contributed by atoms with Crippen LogP contribution in [0.3, 0.4) is 0 Å². The SMILES string of the molecule is CCCOCC(O)COCCC[Si](C)(CCCOO[Si](C)(C)C)OCCCCCC[Si](C)(C)C.C[SiH2]C. The highest BCUT2D eigenvalue weighted by atomic mass is 28.4. The third-order valence-corrected chi connectivity index (χ3v) is 11.7. The second-order valence-electron chi connectivity index (χ2n) is 12.8. The maximum atomic E-state index is 9.92. The standard InChI is InChI=1S/C25H58O6Si3.C2H8Si/c1-9-16-27-23-25(26)24-28-17-14-21-34(8,22-15-18-29-31-33(5,6)7)30-19-12-10-11-13-20-32(2,3)4;1-3-2/h25-26H,9-24H2,1-8H3;3H2,1-2H3. The van der Waals surface area contributed by atoms with Gasteiger partial charge < -0.3 is 19.0 Å². The zero-order valence-corrected chi connectivity index (χ0v) is 31.0. The van der Waals surface area contributed by atoms with Crippen LogP contribution < -0.4 is 0 Å². The number of aliphatic hydroxyl groups is 1. The molecule has 0 aromatic rings. The zero-order chi connectivity index (χ0) is 28.6. The van der Waals surface area contributed by atoms with Crippen LogP contribution in [0.2, 0.25) is 77.1 Å². The van der Waals surface area contributed by atoms with Crippen molar-refractivity contribution in [2.75, 3.05) is 39.6 Å². The van der Waals surface area contributed by atoms with E-state index in [4.69, 9.17) is 23.4 Å². The fourth-order valence-corrected chi connectivity index (χ4v) is 8.31. The summed E-state index contributed by atoms with van der Waals surface area (Å²) in [6.07, 6.45) is 7.47. The molecule has 226 valence electrons. The Kier molecular flexibility index (Phi) is 26.3. The summed E-state index contributed by atoms with van der Waals surface area (Å²) in [6, 6.07) is 3.57. The van der Waals surface area contributed by atoms with Gasteiger partial charge in [-0.2, -0.15) is 0 Å². The molecule has 0 radical (unpaired) electrons. The van der Waals surface area contributed by atoms with E-state index in [0.717, 1.165) is 44.4 Å². The van der Waals surface area contributed by atoms with Crippen LogP contribution in [0, 0.1) is 0 Å². The minimum atomic E-state index is -1.83. The van der Waals surface area contributed by atoms with E-state index < -0.39 is 30.8 Å². The molecular weight excluding hydrogens is 533 g/mol. The predicted molar refractivity (Wildman–Crippen MR) is 172 cm³/mol. The highest BCUT2D eigenvalue weighted by molar-refractivity contribution is 6.76. The Bertz CT molecular complexity index is 488. The van der Waals surface area contributed by atoms with E-state index in [2.05, 4.69) is 65.8 Å². The van der Waals surface area contributed by atoms with E-state index >= 15 is 0 Å². The average Bonchev–Trinajstić information content (AvgIpc) is 2.77. The van der Waals surface area contributed by atoms with Gasteiger partial charge in [0, 0.05) is 37.4 Å². The number of ether oxygens (including phenoxy) is 2. The van der Waals surface area contributed by atoms with E-state index in [-0.39, 0.29) is 0 Å². The summed E-state index contributed by atoms with van der Waals surface area (Å²) in [5.41, 5.74) is 0. The van der Waals surface area contributed by atoms with Gasteiger partial charge in [0.05, 0.1) is 19.8 Å². The van der Waals surface area contributed by atoms with Gasteiger partial charge in [-0.1, -0.05) is 65.0 Å². The molecule has 2 unspecified atom stereocenters. The first kappa shape index (κ1) is 39.8. The number of unbranched alkanes of at least 4 members (excludes halogenated alkanes) is 3. The third-order valence-electron chi connectivity index (χ3n) is 5.48. The fraction of sp³-hybridized carbons (Fsp3) is 1.00. The lowest BCUT2D eigenvalue weighted by atomic mass is 10.2. The van der Waals surface area contributed by atoms with Crippen LogP contribution in [0.1, 0.15) is 51.9 Å². The highest BCUT2D eigenvalue weighted by Crippen LogP contribution is 2.23. The molecule has 2 atom stereocenters. The van der Waals surface area contributed by atoms with Crippen molar-refractivity contribution >= 4 is 34.2 Å². The lowest BCUT2D eigenvalue weighted by Crippen LogP contribution is -2.35. The van der Waals surface area contributed by atoms with Crippen molar-refractivity contribution in [2.45, 2.75) is 135 Å². The average molecular weight is 599 g/mol. The van der Waals surface area contributed by atoms with Gasteiger partial charge in [0.15, 0.2) is 8.32 Å². The molecule has 6 nitrogen and oxygen atoms in total. The first-order valence-corrected chi connectivity index (χ1v) is 27.8. The largest absolute Gasteiger partial charge is 0.417 e. The van der Waals surface area contributed by atoms with Crippen LogP contribution in [-0.2, 0) is 23.4 Å². The first-order valence-electron chi connectivity index (χ1n) is 15.1. The predicted octanol–water partition coefficient (Wildman–Crippen LogP) is 7.10. The van der Waals surface area contributed by atoms with Gasteiger partial charge in [0.25, 0.3) is 0 Å². The minimum Gasteiger partial charge on any atom is -0.417 e. The first-order chi connectivity index (χ1) is 17.3. The van der Waals surface area contributed by atoms with Gasteiger partial charge in [-0.25, -0.2) is 4.89 Å². The summed E-state index contributed by atoms with van der Waals surface area (Å²) in [5.74, 6) is 0. The Morgan fingerprint density at radius 1 is 0.676 bits per heavy atom. The summed E-state index contributed by atoms with van der Waals surface area (Å²) < 4.78 is 23.2. The maximum absolute atomic E-state index is 9.92. The van der Waals surface area contributed by atoms with E-state index in [1.54, 1.807) is 0 Å². The number of rotatable bonds is 24. The summed E-state index contributed by atoms with van der Waals surface area (Å²) >= 11 is 0. The molecule has 0 aliphatic rings. The molecule has 0 aromatic carbocycles. The Labute approximate surface area is 236 Å². The Morgan fingerprint density at radius 3 is 1.76 bits per heavy atom. The van der Waals surface area contributed by atoms with Crippen LogP contribution >= 0.6 is 0 Å². The fourth-order valence-electron chi connectivity index (χ4n) is 3.60. The number of hydrogen-bond acceptors (Lipinski definition) is 6. The van der Waals surface area contributed by atoms with Gasteiger partial charge in [-0.05, 0) is 64.0 Å². The topological polar surface area (TPSA) is 66.4 Å². The van der Waals surface area contributed by atoms with Gasteiger partial charge >= 0.3 is 0 Å². The zero-order valence-electron chi connectivity index (χ0n) is 26.6. The molecule has 1 N–H and O–H groups in total. The molecule has 0 aromatic heterocycles. The van der Waals surface area contributed by atoms with Crippen LogP contribution in [-0.4, -0.2) is 85.1 Å². The third kappa shape index (κ3) is 32.7. The quantitative estimate of drug-likeness (QED) is 0.0553. The monoisotopic (exact) mass is 598 g/mol. The molecule has 0 heterocycles. The van der Waals surface area contributed by atoms with Gasteiger partial charge in [0.1, 0.15) is 6.10 Å². The molecule has 0 saturated carbocycles. The molecule has 0 aliphatic heterocycles. The summed E-state index contributed by atoms with van der Waals surface area (Å²) in [7, 11) is -3.96. The molecule has 0 amide bonds. The lowest BCUT2D eigenvalue weighted by Gasteiger charge is -2.28. The second kappa shape index (κ2) is 24.4. The van der Waals surface area contributed by atoms with Crippen LogP contribution in [0.25, 0.3) is 0 Å². The molecular formula is C27H66O6Si4. The normalized spacial score (nSPS) is 14.7. The van der Waals surface area contributed by atoms with E-state index in [0.29, 0.717) is 42.6 Å². The van der Waals surface area contributed by atoms with Crippen molar-refractivity contribution in [3.63, 3.8) is 0 Å². The molecule has 0 bridgehead atoms. The van der Waals surface area contributed by atoms with Crippen LogP contribution in [0.5, 0.6) is 0 Å². The van der Waals surface area contributed by atoms with Crippen molar-refractivity contribution in [1.82, 2.24) is 0 Å². The van der Waals surface area contributed by atoms with Gasteiger partial charge in [0.2, 0.25) is 8.32 Å². The smallest absolute Gasteiger partial charge is 0.230 e. The van der Waals surface area contributed by atoms with Crippen molar-refractivity contribution in [3.05, 3.63) is 0 Å². The second-order valence-corrected chi connectivity index (χ2v) is 28.4. The Morgan fingerprint density at radius 2 is 1.22 bits per heavy atom. The Hall–Kier alpha value is 0.628. The molecule has 0 aliphatic carbocycles. The van der Waals surface area contributed by atoms with Crippen molar-refractivity contribution in [3.8, 4) is 0 Å². The van der Waals surface area contributed by atoms with E-state index in [1.807, 2.05) is 0 Å². The minimum absolute atomic E-state index is 0.335. The van der Waals surface area contributed by atoms with E-state index in [1.165, 1.54) is 25.3 Å². The lowest BCUT2D eigenvalue weighted by molar-refractivity contribution is -0.217. The summed E-state index contributed by atoms with van der Waals surface area (Å²) in [5, 5.41) is 9.92.